The first-order chi connectivity index (χ1) is 12.0. The SMILES string of the molecule is CCCCCCCCCCCCCCCCOS(=O)(=O)O.NCCO. The van der Waals surface area contributed by atoms with Crippen molar-refractivity contribution in [1.29, 1.82) is 0 Å². The van der Waals surface area contributed by atoms with E-state index >= 15 is 0 Å². The van der Waals surface area contributed by atoms with E-state index in [2.05, 4.69) is 11.1 Å². The maximum atomic E-state index is 10.3. The summed E-state index contributed by atoms with van der Waals surface area (Å²) >= 11 is 0. The van der Waals surface area contributed by atoms with E-state index in [1.165, 1.54) is 70.6 Å². The Balaban J connectivity index is 0. The predicted octanol–water partition coefficient (Wildman–Crippen LogP) is 4.22. The van der Waals surface area contributed by atoms with Gasteiger partial charge in [-0.05, 0) is 6.42 Å². The summed E-state index contributed by atoms with van der Waals surface area (Å²) in [5, 5.41) is 7.75. The molecule has 154 valence electrons. The molecule has 0 amide bonds. The quantitative estimate of drug-likeness (QED) is 0.256. The summed E-state index contributed by atoms with van der Waals surface area (Å²) in [5.41, 5.74) is 4.78. The fourth-order valence-corrected chi connectivity index (χ4v) is 2.79. The smallest absolute Gasteiger partial charge is 0.395 e. The van der Waals surface area contributed by atoms with Gasteiger partial charge in [0.2, 0.25) is 0 Å². The predicted molar refractivity (Wildman–Crippen MR) is 104 cm³/mol. The van der Waals surface area contributed by atoms with E-state index in [-0.39, 0.29) is 13.2 Å². The van der Waals surface area contributed by atoms with Gasteiger partial charge < -0.3 is 10.8 Å². The van der Waals surface area contributed by atoms with Crippen LogP contribution in [0.1, 0.15) is 96.8 Å². The first kappa shape index (κ1) is 27.0. The van der Waals surface area contributed by atoms with Crippen molar-refractivity contribution in [3.05, 3.63) is 0 Å². The average Bonchev–Trinajstić information content (AvgIpc) is 2.57. The lowest BCUT2D eigenvalue weighted by Gasteiger charge is -2.03. The molecule has 7 heteroatoms. The normalized spacial score (nSPS) is 11.2. The lowest BCUT2D eigenvalue weighted by atomic mass is 10.0. The molecule has 0 aliphatic rings. The molecule has 0 aliphatic carbocycles. The molecule has 4 N–H and O–H groups in total. The third-order valence-corrected chi connectivity index (χ3v) is 4.32. The number of rotatable bonds is 17. The third kappa shape index (κ3) is 32.0. The molecule has 0 aromatic rings. The maximum Gasteiger partial charge on any atom is 0.397 e. The highest BCUT2D eigenvalue weighted by atomic mass is 32.3. The van der Waals surface area contributed by atoms with Crippen molar-refractivity contribution >= 4 is 10.4 Å². The molecule has 0 bridgehead atoms. The van der Waals surface area contributed by atoms with Crippen LogP contribution < -0.4 is 5.73 Å². The van der Waals surface area contributed by atoms with Gasteiger partial charge in [0.1, 0.15) is 0 Å². The van der Waals surface area contributed by atoms with Crippen LogP contribution >= 0.6 is 0 Å². The molecule has 0 aromatic carbocycles. The molecule has 0 radical (unpaired) electrons. The molecular formula is C18H41NO5S. The zero-order chi connectivity index (χ0) is 19.2. The van der Waals surface area contributed by atoms with Gasteiger partial charge in [-0.25, -0.2) is 4.18 Å². The average molecular weight is 384 g/mol. The fraction of sp³-hybridized carbons (Fsp3) is 1.00. The van der Waals surface area contributed by atoms with Gasteiger partial charge in [-0.1, -0.05) is 90.4 Å². The van der Waals surface area contributed by atoms with Crippen LogP contribution in [-0.4, -0.2) is 37.8 Å². The fourth-order valence-electron chi connectivity index (χ4n) is 2.46. The Morgan fingerprint density at radius 2 is 1.08 bits per heavy atom. The number of aliphatic hydroxyl groups is 1. The van der Waals surface area contributed by atoms with Gasteiger partial charge in [0.05, 0.1) is 13.2 Å². The van der Waals surface area contributed by atoms with E-state index in [9.17, 15) is 8.42 Å². The topological polar surface area (TPSA) is 110 Å². The molecule has 6 nitrogen and oxygen atoms in total. The summed E-state index contributed by atoms with van der Waals surface area (Å²) in [7, 11) is -4.24. The van der Waals surface area contributed by atoms with Crippen molar-refractivity contribution in [2.45, 2.75) is 96.8 Å². The summed E-state index contributed by atoms with van der Waals surface area (Å²) in [4.78, 5) is 0. The van der Waals surface area contributed by atoms with E-state index in [4.69, 9.17) is 15.4 Å². The minimum Gasteiger partial charge on any atom is -0.395 e. The van der Waals surface area contributed by atoms with Gasteiger partial charge in [0, 0.05) is 6.54 Å². The standard InChI is InChI=1S/C16H34O4S.C2H7NO/c1-2-3-4-5-6-7-8-9-10-11-12-13-14-15-16-20-21(17,18)19;3-1-2-4/h2-16H2,1H3,(H,17,18,19);4H,1-3H2. The highest BCUT2D eigenvalue weighted by Crippen LogP contribution is 2.12. The van der Waals surface area contributed by atoms with E-state index < -0.39 is 10.4 Å². The van der Waals surface area contributed by atoms with Crippen LogP contribution in [-0.2, 0) is 14.6 Å². The summed E-state index contributed by atoms with van der Waals surface area (Å²) in [5.74, 6) is 0. The van der Waals surface area contributed by atoms with Crippen LogP contribution in [0.5, 0.6) is 0 Å². The number of hydrogen-bond acceptors (Lipinski definition) is 5. The Morgan fingerprint density at radius 1 is 0.760 bits per heavy atom. The summed E-state index contributed by atoms with van der Waals surface area (Å²) < 4.78 is 33.2. The Bertz CT molecular complexity index is 334. The second-order valence-corrected chi connectivity index (χ2v) is 7.45. The first-order valence-electron chi connectivity index (χ1n) is 9.90. The van der Waals surface area contributed by atoms with Gasteiger partial charge in [0.25, 0.3) is 0 Å². The molecule has 0 rings (SSSR count). The van der Waals surface area contributed by atoms with Crippen molar-refractivity contribution in [2.24, 2.45) is 5.73 Å². The third-order valence-electron chi connectivity index (χ3n) is 3.86. The summed E-state index contributed by atoms with van der Waals surface area (Å²) in [6.07, 6.45) is 17.6. The molecule has 0 saturated heterocycles. The maximum absolute atomic E-state index is 10.3. The Morgan fingerprint density at radius 3 is 1.36 bits per heavy atom. The van der Waals surface area contributed by atoms with Crippen LogP contribution in [0.4, 0.5) is 0 Å². The van der Waals surface area contributed by atoms with E-state index in [0.717, 1.165) is 12.8 Å². The van der Waals surface area contributed by atoms with Crippen molar-refractivity contribution in [3.63, 3.8) is 0 Å². The molecule has 0 spiro atoms. The largest absolute Gasteiger partial charge is 0.397 e. The Labute approximate surface area is 155 Å². The van der Waals surface area contributed by atoms with E-state index in [1.54, 1.807) is 0 Å². The number of unbranched alkanes of at least 4 members (excludes halogenated alkanes) is 13. The summed E-state index contributed by atoms with van der Waals surface area (Å²) in [6.45, 7) is 2.82. The molecule has 0 saturated carbocycles. The van der Waals surface area contributed by atoms with Gasteiger partial charge >= 0.3 is 10.4 Å². The number of nitrogens with two attached hydrogens (primary N) is 1. The minimum absolute atomic E-state index is 0.0941. The van der Waals surface area contributed by atoms with Gasteiger partial charge in [-0.2, -0.15) is 8.42 Å². The molecule has 0 atom stereocenters. The number of aliphatic hydroxyl groups excluding tert-OH is 1. The lowest BCUT2D eigenvalue weighted by Crippen LogP contribution is -2.04. The van der Waals surface area contributed by atoms with Crippen LogP contribution in [0.25, 0.3) is 0 Å². The highest BCUT2D eigenvalue weighted by molar-refractivity contribution is 7.80. The van der Waals surface area contributed by atoms with Crippen molar-refractivity contribution in [2.75, 3.05) is 19.8 Å². The Kier molecular flexibility index (Phi) is 23.6. The second kappa shape index (κ2) is 21.8. The van der Waals surface area contributed by atoms with E-state index in [0.29, 0.717) is 13.0 Å². The van der Waals surface area contributed by atoms with Gasteiger partial charge in [-0.15, -0.1) is 0 Å². The molecule has 25 heavy (non-hydrogen) atoms. The zero-order valence-corrected chi connectivity index (χ0v) is 16.9. The van der Waals surface area contributed by atoms with Crippen LogP contribution in [0.15, 0.2) is 0 Å². The number of hydrogen-bond donors (Lipinski definition) is 3. The van der Waals surface area contributed by atoms with E-state index in [1.807, 2.05) is 0 Å². The van der Waals surface area contributed by atoms with Crippen LogP contribution in [0, 0.1) is 0 Å². The van der Waals surface area contributed by atoms with Crippen LogP contribution in [0.3, 0.4) is 0 Å². The van der Waals surface area contributed by atoms with Crippen molar-refractivity contribution < 1.29 is 22.3 Å². The molecule has 0 aliphatic heterocycles. The van der Waals surface area contributed by atoms with Crippen molar-refractivity contribution in [3.8, 4) is 0 Å². The van der Waals surface area contributed by atoms with Crippen molar-refractivity contribution in [1.82, 2.24) is 0 Å². The molecule has 0 heterocycles. The second-order valence-electron chi connectivity index (χ2n) is 6.36. The lowest BCUT2D eigenvalue weighted by molar-refractivity contribution is 0.261. The highest BCUT2D eigenvalue weighted by Gasteiger charge is 2.02. The molecular weight excluding hydrogens is 342 g/mol. The Hall–Kier alpha value is -0.210. The monoisotopic (exact) mass is 383 g/mol. The van der Waals surface area contributed by atoms with Gasteiger partial charge in [0.15, 0.2) is 0 Å². The van der Waals surface area contributed by atoms with Crippen LogP contribution in [0.2, 0.25) is 0 Å². The molecule has 0 aromatic heterocycles. The molecule has 0 fully saturated rings. The minimum atomic E-state index is -4.24. The van der Waals surface area contributed by atoms with Gasteiger partial charge in [-0.3, -0.25) is 4.55 Å². The molecule has 0 unspecified atom stereocenters. The first-order valence-corrected chi connectivity index (χ1v) is 11.3. The zero-order valence-electron chi connectivity index (χ0n) is 16.1. The summed E-state index contributed by atoms with van der Waals surface area (Å²) in [6, 6.07) is 0.